The zero-order valence-electron chi connectivity index (χ0n) is 16.2. The maximum Gasteiger partial charge on any atom is 0.265 e. The summed E-state index contributed by atoms with van der Waals surface area (Å²) in [5, 5.41) is 6.06. The Morgan fingerprint density at radius 3 is 2.78 bits per heavy atom. The van der Waals surface area contributed by atoms with E-state index < -0.39 is 0 Å². The molecule has 1 aliphatic carbocycles. The van der Waals surface area contributed by atoms with E-state index in [2.05, 4.69) is 24.5 Å². The molecule has 5 nitrogen and oxygen atoms in total. The Hall–Kier alpha value is -1.95. The van der Waals surface area contributed by atoms with E-state index in [0.29, 0.717) is 40.4 Å². The van der Waals surface area contributed by atoms with Gasteiger partial charge in [-0.25, -0.2) is 0 Å². The Morgan fingerprint density at radius 2 is 2.00 bits per heavy atom. The summed E-state index contributed by atoms with van der Waals surface area (Å²) < 4.78 is 5.45. The molecule has 1 fully saturated rings. The first-order chi connectivity index (χ1) is 13.0. The first-order valence-electron chi connectivity index (χ1n) is 9.64. The predicted octanol–water partition coefficient (Wildman–Crippen LogP) is 4.17. The van der Waals surface area contributed by atoms with Crippen LogP contribution in [0.5, 0.6) is 0 Å². The molecular weight excluding hydrogens is 360 g/mol. The van der Waals surface area contributed by atoms with Gasteiger partial charge in [0.15, 0.2) is 0 Å². The van der Waals surface area contributed by atoms with Crippen molar-refractivity contribution < 1.29 is 14.3 Å². The number of hydrogen-bond acceptors (Lipinski definition) is 4. The molecule has 1 aromatic carbocycles. The number of carbonyl (C=O) groups is 2. The predicted molar refractivity (Wildman–Crippen MR) is 110 cm³/mol. The highest BCUT2D eigenvalue weighted by Crippen LogP contribution is 2.30. The topological polar surface area (TPSA) is 67.4 Å². The van der Waals surface area contributed by atoms with Gasteiger partial charge in [0.2, 0.25) is 0 Å². The van der Waals surface area contributed by atoms with E-state index in [1.165, 1.54) is 18.2 Å². The Balaban J connectivity index is 1.66. The van der Waals surface area contributed by atoms with Crippen molar-refractivity contribution in [2.45, 2.75) is 46.1 Å². The van der Waals surface area contributed by atoms with Crippen LogP contribution in [-0.2, 0) is 9.53 Å². The third-order valence-corrected chi connectivity index (χ3v) is 6.71. The molecule has 2 N–H and O–H groups in total. The van der Waals surface area contributed by atoms with Crippen LogP contribution in [0.25, 0.3) is 0 Å². The minimum absolute atomic E-state index is 0.0807. The van der Waals surface area contributed by atoms with Crippen molar-refractivity contribution in [2.75, 3.05) is 17.7 Å². The van der Waals surface area contributed by atoms with E-state index in [-0.39, 0.29) is 17.9 Å². The summed E-state index contributed by atoms with van der Waals surface area (Å²) in [5.41, 5.74) is 1.18. The molecule has 0 radical (unpaired) electrons. The highest BCUT2D eigenvalue weighted by atomic mass is 32.2. The fourth-order valence-corrected chi connectivity index (χ4v) is 4.51. The summed E-state index contributed by atoms with van der Waals surface area (Å²) in [7, 11) is 0. The fourth-order valence-electron chi connectivity index (χ4n) is 3.69. The van der Waals surface area contributed by atoms with E-state index in [1.807, 2.05) is 0 Å². The molecule has 0 saturated heterocycles. The molecule has 3 rings (SSSR count). The Labute approximate surface area is 165 Å². The van der Waals surface area contributed by atoms with Crippen molar-refractivity contribution in [1.29, 1.82) is 0 Å². The highest BCUT2D eigenvalue weighted by Gasteiger charge is 2.28. The number of amides is 2. The lowest BCUT2D eigenvalue weighted by atomic mass is 9.78. The van der Waals surface area contributed by atoms with Gasteiger partial charge in [0.25, 0.3) is 11.8 Å². The van der Waals surface area contributed by atoms with E-state index in [1.54, 1.807) is 31.2 Å². The molecule has 27 heavy (non-hydrogen) atoms. The molecule has 3 atom stereocenters. The SMILES string of the molecule is CC1=C(C(=O)Nc2cccc(C(=O)N[C@@H]3CCC[C@@H](C)[C@@H]3C)c2)SCCO1. The standard InChI is InChI=1S/C21H28N2O3S/c1-13-6-4-9-18(14(13)2)23-20(24)16-7-5-8-17(12-16)22-21(25)19-15(3)26-10-11-27-19/h5,7-8,12-14,18H,4,6,9-11H2,1-3H3,(H,22,25)(H,23,24)/t13-,14+,18-/m1/s1. The van der Waals surface area contributed by atoms with Crippen LogP contribution in [0.4, 0.5) is 5.69 Å². The third kappa shape index (κ3) is 4.86. The van der Waals surface area contributed by atoms with Crippen molar-refractivity contribution in [3.05, 3.63) is 40.5 Å². The Morgan fingerprint density at radius 1 is 1.19 bits per heavy atom. The van der Waals surface area contributed by atoms with E-state index in [0.717, 1.165) is 18.6 Å². The minimum Gasteiger partial charge on any atom is -0.496 e. The number of thioether (sulfide) groups is 1. The highest BCUT2D eigenvalue weighted by molar-refractivity contribution is 8.04. The average Bonchev–Trinajstić information content (AvgIpc) is 2.66. The molecule has 0 bridgehead atoms. The second kappa shape index (κ2) is 8.83. The maximum atomic E-state index is 12.7. The maximum absolute atomic E-state index is 12.7. The summed E-state index contributed by atoms with van der Waals surface area (Å²) in [4.78, 5) is 25.8. The van der Waals surface area contributed by atoms with Crippen LogP contribution in [0, 0.1) is 11.8 Å². The third-order valence-electron chi connectivity index (χ3n) is 5.58. The molecule has 2 aliphatic rings. The summed E-state index contributed by atoms with van der Waals surface area (Å²) >= 11 is 1.50. The summed E-state index contributed by atoms with van der Waals surface area (Å²) in [6, 6.07) is 7.32. The lowest BCUT2D eigenvalue weighted by Crippen LogP contribution is -2.43. The average molecular weight is 389 g/mol. The van der Waals surface area contributed by atoms with Crippen LogP contribution >= 0.6 is 11.8 Å². The van der Waals surface area contributed by atoms with Gasteiger partial charge in [0.05, 0.1) is 6.61 Å². The number of benzene rings is 1. The molecule has 0 unspecified atom stereocenters. The Kier molecular flexibility index (Phi) is 6.47. The van der Waals surface area contributed by atoms with Crippen molar-refractivity contribution in [1.82, 2.24) is 5.32 Å². The second-order valence-corrected chi connectivity index (χ2v) is 8.57. The largest absolute Gasteiger partial charge is 0.496 e. The quantitative estimate of drug-likeness (QED) is 0.812. The van der Waals surface area contributed by atoms with Gasteiger partial charge in [-0.1, -0.05) is 32.8 Å². The van der Waals surface area contributed by atoms with E-state index >= 15 is 0 Å². The lowest BCUT2D eigenvalue weighted by Gasteiger charge is -2.34. The minimum atomic E-state index is -0.190. The lowest BCUT2D eigenvalue weighted by molar-refractivity contribution is -0.112. The molecule has 1 heterocycles. The molecule has 2 amide bonds. The van der Waals surface area contributed by atoms with E-state index in [9.17, 15) is 9.59 Å². The van der Waals surface area contributed by atoms with Crippen LogP contribution in [0.2, 0.25) is 0 Å². The zero-order chi connectivity index (χ0) is 19.4. The number of rotatable bonds is 4. The van der Waals surface area contributed by atoms with Crippen LogP contribution in [0.3, 0.4) is 0 Å². The van der Waals surface area contributed by atoms with Crippen molar-refractivity contribution >= 4 is 29.3 Å². The van der Waals surface area contributed by atoms with Crippen LogP contribution in [-0.4, -0.2) is 30.2 Å². The molecule has 146 valence electrons. The number of nitrogens with one attached hydrogen (secondary N) is 2. The first-order valence-corrected chi connectivity index (χ1v) is 10.6. The van der Waals surface area contributed by atoms with Gasteiger partial charge in [0, 0.05) is 23.0 Å². The number of carbonyl (C=O) groups excluding carboxylic acids is 2. The van der Waals surface area contributed by atoms with Crippen molar-refractivity contribution in [2.24, 2.45) is 11.8 Å². The summed E-state index contributed by atoms with van der Waals surface area (Å²) in [5.74, 6) is 2.25. The van der Waals surface area contributed by atoms with Gasteiger partial charge in [-0.2, -0.15) is 0 Å². The molecule has 1 saturated carbocycles. The monoisotopic (exact) mass is 388 g/mol. The second-order valence-electron chi connectivity index (χ2n) is 7.46. The van der Waals surface area contributed by atoms with Gasteiger partial charge in [0.1, 0.15) is 10.7 Å². The fraction of sp³-hybridized carbons (Fsp3) is 0.524. The number of ether oxygens (including phenoxy) is 1. The Bertz CT molecular complexity index is 747. The molecule has 0 spiro atoms. The van der Waals surface area contributed by atoms with Crippen LogP contribution in [0.1, 0.15) is 50.4 Å². The molecule has 6 heteroatoms. The molecule has 1 aliphatic heterocycles. The van der Waals surface area contributed by atoms with Gasteiger partial charge in [-0.15, -0.1) is 11.8 Å². The number of anilines is 1. The number of hydrogen-bond donors (Lipinski definition) is 2. The van der Waals surface area contributed by atoms with Crippen LogP contribution in [0.15, 0.2) is 34.9 Å². The normalized spacial score (nSPS) is 25.5. The van der Waals surface area contributed by atoms with Crippen molar-refractivity contribution in [3.8, 4) is 0 Å². The summed E-state index contributed by atoms with van der Waals surface area (Å²) in [6.45, 7) is 6.90. The first kappa shape index (κ1) is 19.8. The smallest absolute Gasteiger partial charge is 0.265 e. The van der Waals surface area contributed by atoms with Gasteiger partial charge in [-0.05, 0) is 43.4 Å². The molecule has 1 aromatic rings. The van der Waals surface area contributed by atoms with Crippen LogP contribution < -0.4 is 10.6 Å². The van der Waals surface area contributed by atoms with E-state index in [4.69, 9.17) is 4.74 Å². The number of allylic oxidation sites excluding steroid dienone is 1. The van der Waals surface area contributed by atoms with Crippen molar-refractivity contribution in [3.63, 3.8) is 0 Å². The summed E-state index contributed by atoms with van der Waals surface area (Å²) in [6.07, 6.45) is 3.41. The molecule has 0 aromatic heterocycles. The zero-order valence-corrected chi connectivity index (χ0v) is 17.0. The van der Waals surface area contributed by atoms with Gasteiger partial charge in [-0.3, -0.25) is 9.59 Å². The van der Waals surface area contributed by atoms with Gasteiger partial charge < -0.3 is 15.4 Å². The van der Waals surface area contributed by atoms with Gasteiger partial charge >= 0.3 is 0 Å². The molecular formula is C21H28N2O3S.